The van der Waals surface area contributed by atoms with E-state index in [0.29, 0.717) is 12.5 Å². The highest BCUT2D eigenvalue weighted by molar-refractivity contribution is 9.10. The third-order valence-corrected chi connectivity index (χ3v) is 3.55. The lowest BCUT2D eigenvalue weighted by Crippen LogP contribution is -2.37. The minimum Gasteiger partial charge on any atom is -0.308 e. The van der Waals surface area contributed by atoms with Crippen molar-refractivity contribution in [3.05, 3.63) is 34.3 Å². The zero-order valence-corrected chi connectivity index (χ0v) is 14.5. The van der Waals surface area contributed by atoms with Crippen molar-refractivity contribution in [3.8, 4) is 0 Å². The summed E-state index contributed by atoms with van der Waals surface area (Å²) >= 11 is 3.39. The van der Waals surface area contributed by atoms with Crippen molar-refractivity contribution in [2.45, 2.75) is 13.8 Å². The fourth-order valence-corrected chi connectivity index (χ4v) is 2.29. The van der Waals surface area contributed by atoms with Gasteiger partial charge in [0.2, 0.25) is 0 Å². The molecule has 0 spiro atoms. The number of rotatable bonds is 8. The van der Waals surface area contributed by atoms with Crippen LogP contribution in [0.4, 0.5) is 0 Å². The summed E-state index contributed by atoms with van der Waals surface area (Å²) in [5.41, 5.74) is 0.784. The smallest absolute Gasteiger partial charge is 0.176 e. The van der Waals surface area contributed by atoms with E-state index in [1.807, 2.05) is 24.3 Å². The third kappa shape index (κ3) is 6.64. The van der Waals surface area contributed by atoms with Crippen LogP contribution in [0, 0.1) is 5.92 Å². The fraction of sp³-hybridized carbons (Fsp3) is 0.562. The number of halogens is 1. The molecule has 0 unspecified atom stereocenters. The van der Waals surface area contributed by atoms with Crippen LogP contribution in [0.1, 0.15) is 24.2 Å². The van der Waals surface area contributed by atoms with Crippen molar-refractivity contribution in [3.63, 3.8) is 0 Å². The maximum atomic E-state index is 12.3. The van der Waals surface area contributed by atoms with E-state index in [-0.39, 0.29) is 5.78 Å². The molecular weight excluding hydrogens is 316 g/mol. The van der Waals surface area contributed by atoms with Crippen LogP contribution in [-0.2, 0) is 0 Å². The lowest BCUT2D eigenvalue weighted by atomic mass is 10.1. The van der Waals surface area contributed by atoms with Crippen molar-refractivity contribution in [2.24, 2.45) is 5.92 Å². The summed E-state index contributed by atoms with van der Waals surface area (Å²) < 4.78 is 1.00. The van der Waals surface area contributed by atoms with Crippen molar-refractivity contribution in [1.82, 2.24) is 9.80 Å². The van der Waals surface area contributed by atoms with Gasteiger partial charge in [-0.25, -0.2) is 0 Å². The summed E-state index contributed by atoms with van der Waals surface area (Å²) in [5.74, 6) is 0.756. The number of hydrogen-bond donors (Lipinski definition) is 0. The van der Waals surface area contributed by atoms with Crippen molar-refractivity contribution >= 4 is 21.7 Å². The number of likely N-dealkylation sites (N-methyl/N-ethyl adjacent to an activating group) is 1. The summed E-state index contributed by atoms with van der Waals surface area (Å²) in [6.45, 7) is 7.72. The Bertz CT molecular complexity index is 415. The van der Waals surface area contributed by atoms with Gasteiger partial charge in [-0.2, -0.15) is 0 Å². The third-order valence-electron chi connectivity index (χ3n) is 3.02. The second-order valence-corrected chi connectivity index (χ2v) is 6.78. The monoisotopic (exact) mass is 340 g/mol. The summed E-state index contributed by atoms with van der Waals surface area (Å²) in [6.07, 6.45) is 0. The number of carbonyl (C=O) groups is 1. The number of carbonyl (C=O) groups excluding carboxylic acids is 1. The SMILES string of the molecule is CC(C)CN(CCN(C)C)CC(=O)c1ccc(Br)cc1. The molecule has 0 aromatic heterocycles. The van der Waals surface area contributed by atoms with Gasteiger partial charge in [0.15, 0.2) is 5.78 Å². The average molecular weight is 341 g/mol. The normalized spacial score (nSPS) is 11.6. The van der Waals surface area contributed by atoms with Gasteiger partial charge in [0, 0.05) is 29.7 Å². The van der Waals surface area contributed by atoms with Crippen LogP contribution in [-0.4, -0.2) is 55.9 Å². The van der Waals surface area contributed by atoms with E-state index in [1.54, 1.807) is 0 Å². The topological polar surface area (TPSA) is 23.6 Å². The largest absolute Gasteiger partial charge is 0.308 e. The highest BCUT2D eigenvalue weighted by atomic mass is 79.9. The van der Waals surface area contributed by atoms with Gasteiger partial charge in [-0.1, -0.05) is 41.9 Å². The highest BCUT2D eigenvalue weighted by Crippen LogP contribution is 2.11. The molecule has 0 saturated heterocycles. The van der Waals surface area contributed by atoms with Crippen LogP contribution in [0.25, 0.3) is 0 Å². The summed E-state index contributed by atoms with van der Waals surface area (Å²) in [4.78, 5) is 16.7. The first kappa shape index (κ1) is 17.3. The molecule has 0 aliphatic carbocycles. The first-order valence-corrected chi connectivity index (χ1v) is 7.83. The number of Topliss-reactive ketones (excluding diaryl/α,β-unsaturated/α-hetero) is 1. The Morgan fingerprint density at radius 1 is 1.15 bits per heavy atom. The molecular formula is C16H25BrN2O. The molecule has 4 heteroatoms. The van der Waals surface area contributed by atoms with E-state index in [2.05, 4.69) is 53.7 Å². The Balaban J connectivity index is 2.62. The van der Waals surface area contributed by atoms with Crippen LogP contribution in [0.15, 0.2) is 28.7 Å². The molecule has 3 nitrogen and oxygen atoms in total. The summed E-state index contributed by atoms with van der Waals surface area (Å²) in [6, 6.07) is 7.59. The molecule has 1 aromatic rings. The lowest BCUT2D eigenvalue weighted by molar-refractivity contribution is 0.0916. The minimum absolute atomic E-state index is 0.192. The number of ketones is 1. The molecule has 0 heterocycles. The van der Waals surface area contributed by atoms with E-state index < -0.39 is 0 Å². The van der Waals surface area contributed by atoms with Crippen molar-refractivity contribution in [1.29, 1.82) is 0 Å². The van der Waals surface area contributed by atoms with Gasteiger partial charge < -0.3 is 4.90 Å². The van der Waals surface area contributed by atoms with Gasteiger partial charge in [-0.05, 0) is 32.1 Å². The van der Waals surface area contributed by atoms with Crippen molar-refractivity contribution < 1.29 is 4.79 Å². The maximum Gasteiger partial charge on any atom is 0.176 e. The fourth-order valence-electron chi connectivity index (χ4n) is 2.02. The zero-order valence-electron chi connectivity index (χ0n) is 12.9. The molecule has 1 rings (SSSR count). The van der Waals surface area contributed by atoms with Gasteiger partial charge in [0.05, 0.1) is 6.54 Å². The molecule has 0 bridgehead atoms. The van der Waals surface area contributed by atoms with Gasteiger partial charge >= 0.3 is 0 Å². The Kier molecular flexibility index (Phi) is 7.41. The number of nitrogens with zero attached hydrogens (tertiary/aromatic N) is 2. The van der Waals surface area contributed by atoms with E-state index in [4.69, 9.17) is 0 Å². The Morgan fingerprint density at radius 3 is 2.25 bits per heavy atom. The van der Waals surface area contributed by atoms with Crippen LogP contribution in [0.2, 0.25) is 0 Å². The Morgan fingerprint density at radius 2 is 1.75 bits per heavy atom. The van der Waals surface area contributed by atoms with Gasteiger partial charge in [0.1, 0.15) is 0 Å². The second-order valence-electron chi connectivity index (χ2n) is 5.86. The Hall–Kier alpha value is -0.710. The Labute approximate surface area is 131 Å². The van der Waals surface area contributed by atoms with E-state index in [0.717, 1.165) is 29.7 Å². The van der Waals surface area contributed by atoms with Crippen molar-refractivity contribution in [2.75, 3.05) is 40.3 Å². The van der Waals surface area contributed by atoms with Crippen LogP contribution in [0.3, 0.4) is 0 Å². The van der Waals surface area contributed by atoms with Crippen LogP contribution in [0.5, 0.6) is 0 Å². The van der Waals surface area contributed by atoms with Gasteiger partial charge in [-0.3, -0.25) is 9.69 Å². The summed E-state index contributed by atoms with van der Waals surface area (Å²) in [5, 5.41) is 0. The number of benzene rings is 1. The first-order valence-electron chi connectivity index (χ1n) is 7.04. The van der Waals surface area contributed by atoms with E-state index in [9.17, 15) is 4.79 Å². The van der Waals surface area contributed by atoms with Gasteiger partial charge in [-0.15, -0.1) is 0 Å². The zero-order chi connectivity index (χ0) is 15.1. The molecule has 0 atom stereocenters. The molecule has 0 amide bonds. The van der Waals surface area contributed by atoms with Crippen LogP contribution >= 0.6 is 15.9 Å². The minimum atomic E-state index is 0.192. The number of hydrogen-bond acceptors (Lipinski definition) is 3. The first-order chi connectivity index (χ1) is 9.38. The molecule has 0 aliphatic heterocycles. The molecule has 0 aliphatic rings. The van der Waals surface area contributed by atoms with Crippen LogP contribution < -0.4 is 0 Å². The molecule has 0 radical (unpaired) electrons. The predicted octanol–water partition coefficient (Wildman–Crippen LogP) is 3.15. The second kappa shape index (κ2) is 8.55. The van der Waals surface area contributed by atoms with E-state index in [1.165, 1.54) is 0 Å². The average Bonchev–Trinajstić information content (AvgIpc) is 2.36. The standard InChI is InChI=1S/C16H25BrN2O/c1-13(2)11-19(10-9-18(3)4)12-16(20)14-5-7-15(17)8-6-14/h5-8,13H,9-12H2,1-4H3. The predicted molar refractivity (Wildman–Crippen MR) is 88.3 cm³/mol. The molecule has 112 valence electrons. The molecule has 20 heavy (non-hydrogen) atoms. The quantitative estimate of drug-likeness (QED) is 0.679. The molecule has 0 fully saturated rings. The van der Waals surface area contributed by atoms with Gasteiger partial charge in [0.25, 0.3) is 0 Å². The highest BCUT2D eigenvalue weighted by Gasteiger charge is 2.14. The lowest BCUT2D eigenvalue weighted by Gasteiger charge is -2.25. The molecule has 0 N–H and O–H groups in total. The summed E-state index contributed by atoms with van der Waals surface area (Å²) in [7, 11) is 4.12. The molecule has 0 saturated carbocycles. The maximum absolute atomic E-state index is 12.3. The van der Waals surface area contributed by atoms with E-state index >= 15 is 0 Å². The molecule has 1 aromatic carbocycles.